The summed E-state index contributed by atoms with van der Waals surface area (Å²) in [5.41, 5.74) is 0.667. The Balaban J connectivity index is 2.37. The predicted molar refractivity (Wildman–Crippen MR) is 111 cm³/mol. The lowest BCUT2D eigenvalue weighted by atomic mass is 10.0. The van der Waals surface area contributed by atoms with E-state index in [1.54, 1.807) is 32.9 Å². The molecule has 0 aromatic heterocycles. The molecule has 0 heterocycles. The molecule has 0 unspecified atom stereocenters. The smallest absolute Gasteiger partial charge is 0.411 e. The monoisotopic (exact) mass is 414 g/mol. The van der Waals surface area contributed by atoms with Gasteiger partial charge in [-0.05, 0) is 31.9 Å². The maximum atomic E-state index is 13.0. The zero-order chi connectivity index (χ0) is 22.3. The highest BCUT2D eigenvalue weighted by Crippen LogP contribution is 2.20. The van der Waals surface area contributed by atoms with Crippen molar-refractivity contribution in [1.29, 1.82) is 0 Å². The molecule has 8 nitrogen and oxygen atoms in total. The second-order valence-electron chi connectivity index (χ2n) is 7.76. The Bertz CT molecular complexity index is 875. The van der Waals surface area contributed by atoms with Crippen LogP contribution in [0.4, 0.5) is 10.5 Å². The van der Waals surface area contributed by atoms with Crippen LogP contribution in [0, 0.1) is 10.1 Å². The molecule has 0 radical (unpaired) electrons. The van der Waals surface area contributed by atoms with Gasteiger partial charge >= 0.3 is 12.1 Å². The summed E-state index contributed by atoms with van der Waals surface area (Å²) in [7, 11) is 1.25. The fourth-order valence-electron chi connectivity index (χ4n) is 2.84. The number of benzene rings is 2. The minimum atomic E-state index is -0.966. The largest absolute Gasteiger partial charge is 0.467 e. The normalized spacial score (nSPS) is 12.0. The molecule has 0 saturated heterocycles. The first kappa shape index (κ1) is 22.9. The van der Waals surface area contributed by atoms with Crippen LogP contribution in [-0.2, 0) is 27.2 Å². The van der Waals surface area contributed by atoms with Crippen LogP contribution in [0.1, 0.15) is 31.9 Å². The zero-order valence-electron chi connectivity index (χ0n) is 17.5. The lowest BCUT2D eigenvalue weighted by Gasteiger charge is -2.32. The standard InChI is InChI=1S/C22H26N2O6/c1-22(2,3)30-21(26)23(15-17-8-6-5-7-9-17)19(20(25)29-4)14-16-10-12-18(13-11-16)24(27)28/h5-13,19H,14-15H2,1-4H3/t19-/m0/s1. The molecule has 160 valence electrons. The Kier molecular flexibility index (Phi) is 7.52. The van der Waals surface area contributed by atoms with Gasteiger partial charge in [0, 0.05) is 25.1 Å². The van der Waals surface area contributed by atoms with E-state index >= 15 is 0 Å². The van der Waals surface area contributed by atoms with Crippen molar-refractivity contribution in [1.82, 2.24) is 4.90 Å². The summed E-state index contributed by atoms with van der Waals surface area (Å²) >= 11 is 0. The molecule has 0 spiro atoms. The fourth-order valence-corrected chi connectivity index (χ4v) is 2.84. The van der Waals surface area contributed by atoms with Crippen molar-refractivity contribution >= 4 is 17.7 Å². The summed E-state index contributed by atoms with van der Waals surface area (Å²) in [6.07, 6.45) is -0.528. The zero-order valence-corrected chi connectivity index (χ0v) is 17.5. The average Bonchev–Trinajstić information content (AvgIpc) is 2.69. The molecule has 2 aromatic rings. The number of nitrogens with zero attached hydrogens (tertiary/aromatic N) is 2. The summed E-state index contributed by atoms with van der Waals surface area (Å²) in [5.74, 6) is -0.602. The Morgan fingerprint density at radius 1 is 1.03 bits per heavy atom. The summed E-state index contributed by atoms with van der Waals surface area (Å²) in [6, 6.07) is 14.1. The molecule has 0 saturated carbocycles. The maximum Gasteiger partial charge on any atom is 0.411 e. The summed E-state index contributed by atoms with van der Waals surface area (Å²) in [5, 5.41) is 10.9. The van der Waals surface area contributed by atoms with Crippen molar-refractivity contribution < 1.29 is 24.0 Å². The highest BCUT2D eigenvalue weighted by atomic mass is 16.6. The number of carbonyl (C=O) groups excluding carboxylic acids is 2. The molecule has 0 aliphatic heterocycles. The van der Waals surface area contributed by atoms with Crippen molar-refractivity contribution in [2.75, 3.05) is 7.11 Å². The molecule has 1 amide bonds. The van der Waals surface area contributed by atoms with Gasteiger partial charge in [0.05, 0.1) is 12.0 Å². The second kappa shape index (κ2) is 9.87. The maximum absolute atomic E-state index is 13.0. The topological polar surface area (TPSA) is 99.0 Å². The van der Waals surface area contributed by atoms with E-state index in [0.717, 1.165) is 5.56 Å². The number of methoxy groups -OCH3 is 1. The first-order chi connectivity index (χ1) is 14.1. The van der Waals surface area contributed by atoms with Gasteiger partial charge in [-0.25, -0.2) is 9.59 Å². The second-order valence-corrected chi connectivity index (χ2v) is 7.76. The number of amides is 1. The van der Waals surface area contributed by atoms with Crippen LogP contribution in [0.3, 0.4) is 0 Å². The third-order valence-corrected chi connectivity index (χ3v) is 4.25. The highest BCUT2D eigenvalue weighted by molar-refractivity contribution is 5.82. The number of esters is 1. The van der Waals surface area contributed by atoms with Gasteiger partial charge in [0.25, 0.3) is 5.69 Å². The van der Waals surface area contributed by atoms with Crippen molar-refractivity contribution in [2.24, 2.45) is 0 Å². The summed E-state index contributed by atoms with van der Waals surface area (Å²) < 4.78 is 10.5. The van der Waals surface area contributed by atoms with Crippen LogP contribution in [0.25, 0.3) is 0 Å². The number of nitro benzene ring substituents is 1. The Morgan fingerprint density at radius 3 is 2.13 bits per heavy atom. The summed E-state index contributed by atoms with van der Waals surface area (Å²) in [6.45, 7) is 5.38. The predicted octanol–water partition coefficient (Wildman–Crippen LogP) is 4.12. The van der Waals surface area contributed by atoms with E-state index in [4.69, 9.17) is 9.47 Å². The number of non-ortho nitro benzene ring substituents is 1. The molecular formula is C22H26N2O6. The van der Waals surface area contributed by atoms with Gasteiger partial charge in [-0.3, -0.25) is 15.0 Å². The van der Waals surface area contributed by atoms with Crippen molar-refractivity contribution in [3.63, 3.8) is 0 Å². The van der Waals surface area contributed by atoms with Crippen LogP contribution in [-0.4, -0.2) is 40.6 Å². The lowest BCUT2D eigenvalue weighted by molar-refractivity contribution is -0.384. The molecular weight excluding hydrogens is 388 g/mol. The first-order valence-electron chi connectivity index (χ1n) is 9.45. The number of ether oxygens (including phenoxy) is 2. The van der Waals surface area contributed by atoms with Crippen molar-refractivity contribution in [3.8, 4) is 0 Å². The Hall–Kier alpha value is -3.42. The van der Waals surface area contributed by atoms with Crippen LogP contribution in [0.2, 0.25) is 0 Å². The number of carbonyl (C=O) groups is 2. The minimum Gasteiger partial charge on any atom is -0.467 e. The van der Waals surface area contributed by atoms with Gasteiger partial charge in [0.2, 0.25) is 0 Å². The van der Waals surface area contributed by atoms with Crippen LogP contribution in [0.15, 0.2) is 54.6 Å². The molecule has 2 aromatic carbocycles. The molecule has 2 rings (SSSR count). The number of hydrogen-bond acceptors (Lipinski definition) is 6. The van der Waals surface area contributed by atoms with E-state index in [9.17, 15) is 19.7 Å². The highest BCUT2D eigenvalue weighted by Gasteiger charge is 2.34. The van der Waals surface area contributed by atoms with E-state index in [1.807, 2.05) is 30.3 Å². The van der Waals surface area contributed by atoms with E-state index in [2.05, 4.69) is 0 Å². The summed E-state index contributed by atoms with van der Waals surface area (Å²) in [4.78, 5) is 37.3. The third-order valence-electron chi connectivity index (χ3n) is 4.25. The van der Waals surface area contributed by atoms with Gasteiger partial charge in [-0.1, -0.05) is 42.5 Å². The van der Waals surface area contributed by atoms with Crippen molar-refractivity contribution in [3.05, 3.63) is 75.8 Å². The molecule has 0 bridgehead atoms. The molecule has 0 aliphatic rings. The molecule has 0 aliphatic carbocycles. The number of rotatable bonds is 7. The van der Waals surface area contributed by atoms with Gasteiger partial charge in [0.1, 0.15) is 11.6 Å². The average molecular weight is 414 g/mol. The molecule has 30 heavy (non-hydrogen) atoms. The molecule has 8 heteroatoms. The van der Waals surface area contributed by atoms with Gasteiger partial charge in [-0.2, -0.15) is 0 Å². The van der Waals surface area contributed by atoms with Gasteiger partial charge < -0.3 is 9.47 Å². The molecule has 0 fully saturated rings. The number of hydrogen-bond donors (Lipinski definition) is 0. The lowest BCUT2D eigenvalue weighted by Crippen LogP contribution is -2.48. The Labute approximate surface area is 175 Å². The molecule has 1 atom stereocenters. The molecule has 0 N–H and O–H groups in total. The first-order valence-corrected chi connectivity index (χ1v) is 9.45. The van der Waals surface area contributed by atoms with Gasteiger partial charge in [0.15, 0.2) is 0 Å². The van der Waals surface area contributed by atoms with Crippen LogP contribution < -0.4 is 0 Å². The van der Waals surface area contributed by atoms with E-state index in [0.29, 0.717) is 5.56 Å². The SMILES string of the molecule is COC(=O)[C@H](Cc1ccc([N+](=O)[O-])cc1)N(Cc1ccccc1)C(=O)OC(C)(C)C. The quantitative estimate of drug-likeness (QED) is 0.384. The van der Waals surface area contributed by atoms with Crippen LogP contribution in [0.5, 0.6) is 0 Å². The number of nitro groups is 1. The van der Waals surface area contributed by atoms with E-state index < -0.39 is 28.6 Å². The third kappa shape index (κ3) is 6.58. The van der Waals surface area contributed by atoms with E-state index in [-0.39, 0.29) is 18.7 Å². The minimum absolute atomic E-state index is 0.0540. The Morgan fingerprint density at radius 2 is 1.63 bits per heavy atom. The fraction of sp³-hybridized carbons (Fsp3) is 0.364. The van der Waals surface area contributed by atoms with E-state index in [1.165, 1.54) is 24.1 Å². The van der Waals surface area contributed by atoms with Gasteiger partial charge in [-0.15, -0.1) is 0 Å². The van der Waals surface area contributed by atoms with Crippen LogP contribution >= 0.6 is 0 Å². The van der Waals surface area contributed by atoms with Crippen molar-refractivity contribution in [2.45, 2.75) is 45.4 Å².